The van der Waals surface area contributed by atoms with Crippen LogP contribution in [0.2, 0.25) is 0 Å². The predicted molar refractivity (Wildman–Crippen MR) is 34.0 cm³/mol. The van der Waals surface area contributed by atoms with Crippen molar-refractivity contribution in [1.29, 1.82) is 0 Å². The van der Waals surface area contributed by atoms with Gasteiger partial charge in [-0.25, -0.2) is 0 Å². The summed E-state index contributed by atoms with van der Waals surface area (Å²) >= 11 is 0. The molecule has 0 aromatic carbocycles. The Labute approximate surface area is 50.9 Å². The van der Waals surface area contributed by atoms with E-state index in [2.05, 4.69) is 5.32 Å². The van der Waals surface area contributed by atoms with E-state index in [1.807, 2.05) is 6.92 Å². The first-order chi connectivity index (χ1) is 3.77. The number of aliphatic hydroxyl groups is 1. The van der Waals surface area contributed by atoms with E-state index in [9.17, 15) is 0 Å². The van der Waals surface area contributed by atoms with Crippen LogP contribution in [0.5, 0.6) is 0 Å². The van der Waals surface area contributed by atoms with Gasteiger partial charge in [0.15, 0.2) is 0 Å². The predicted octanol–water partition coefficient (Wildman–Crippen LogP) is 0.910. The average molecular weight is 116 g/mol. The Morgan fingerprint density at radius 3 is 2.62 bits per heavy atom. The Morgan fingerprint density at radius 1 is 1.62 bits per heavy atom. The van der Waals surface area contributed by atoms with Crippen LogP contribution in [0.3, 0.4) is 0 Å². The van der Waals surface area contributed by atoms with Gasteiger partial charge in [0.2, 0.25) is 0 Å². The van der Waals surface area contributed by atoms with Crippen molar-refractivity contribution in [2.24, 2.45) is 0 Å². The quantitative estimate of drug-likeness (QED) is 0.535. The molecule has 1 radical (unpaired) electrons. The third-order valence-electron chi connectivity index (χ3n) is 0.914. The molecule has 8 heavy (non-hydrogen) atoms. The van der Waals surface area contributed by atoms with E-state index in [0.717, 1.165) is 19.5 Å². The Morgan fingerprint density at radius 2 is 2.25 bits per heavy atom. The molecule has 2 heteroatoms. The first-order valence-electron chi connectivity index (χ1n) is 2.99. The summed E-state index contributed by atoms with van der Waals surface area (Å²) in [6.07, 6.45) is 1.28. The number of nitrogens with one attached hydrogen (secondary N) is 1. The summed E-state index contributed by atoms with van der Waals surface area (Å²) in [6.45, 7) is 5.64. The summed E-state index contributed by atoms with van der Waals surface area (Å²) in [7, 11) is 0. The SMILES string of the molecule is CCNCC[C](C)O. The van der Waals surface area contributed by atoms with Crippen molar-refractivity contribution in [1.82, 2.24) is 5.32 Å². The van der Waals surface area contributed by atoms with E-state index in [0.29, 0.717) is 6.10 Å². The zero-order valence-electron chi connectivity index (χ0n) is 5.57. The molecule has 0 saturated carbocycles. The lowest BCUT2D eigenvalue weighted by Crippen LogP contribution is -2.15. The van der Waals surface area contributed by atoms with Crippen LogP contribution in [0.15, 0.2) is 0 Å². The van der Waals surface area contributed by atoms with E-state index in [1.165, 1.54) is 0 Å². The number of hydrogen-bond acceptors (Lipinski definition) is 2. The van der Waals surface area contributed by atoms with Crippen LogP contribution in [0.1, 0.15) is 20.3 Å². The van der Waals surface area contributed by atoms with Crippen molar-refractivity contribution in [3.63, 3.8) is 0 Å². The molecule has 49 valence electrons. The van der Waals surface area contributed by atoms with Crippen molar-refractivity contribution in [3.8, 4) is 0 Å². The minimum Gasteiger partial charge on any atom is -0.387 e. The highest BCUT2D eigenvalue weighted by molar-refractivity contribution is 4.67. The lowest BCUT2D eigenvalue weighted by atomic mass is 10.3. The second-order valence-corrected chi connectivity index (χ2v) is 1.84. The fourth-order valence-electron chi connectivity index (χ4n) is 0.446. The van der Waals surface area contributed by atoms with E-state index < -0.39 is 0 Å². The Bertz CT molecular complexity index is 45.8. The molecule has 0 rings (SSSR count). The first kappa shape index (κ1) is 7.92. The maximum Gasteiger partial charge on any atom is 0.0915 e. The molecule has 0 aromatic rings. The van der Waals surface area contributed by atoms with Crippen LogP contribution in [0, 0.1) is 6.10 Å². The molecule has 0 saturated heterocycles. The molecular weight excluding hydrogens is 102 g/mol. The fourth-order valence-corrected chi connectivity index (χ4v) is 0.446. The third kappa shape index (κ3) is 5.92. The summed E-state index contributed by atoms with van der Waals surface area (Å²) in [6, 6.07) is 0. The van der Waals surface area contributed by atoms with Crippen molar-refractivity contribution < 1.29 is 5.11 Å². The summed E-state index contributed by atoms with van der Waals surface area (Å²) in [5.41, 5.74) is 0. The van der Waals surface area contributed by atoms with Crippen LogP contribution >= 0.6 is 0 Å². The molecule has 0 bridgehead atoms. The van der Waals surface area contributed by atoms with Gasteiger partial charge in [0.1, 0.15) is 0 Å². The standard InChI is InChI=1S/C6H14NO/c1-3-7-5-4-6(2)8/h7-8H,3-5H2,1-2H3. The Hall–Kier alpha value is -0.0800. The van der Waals surface area contributed by atoms with Gasteiger partial charge in [-0.3, -0.25) is 0 Å². The molecule has 2 N–H and O–H groups in total. The van der Waals surface area contributed by atoms with Gasteiger partial charge < -0.3 is 10.4 Å². The van der Waals surface area contributed by atoms with E-state index >= 15 is 0 Å². The molecule has 0 aromatic heterocycles. The van der Waals surface area contributed by atoms with Crippen LogP contribution < -0.4 is 5.32 Å². The molecule has 0 fully saturated rings. The van der Waals surface area contributed by atoms with Crippen LogP contribution in [0.25, 0.3) is 0 Å². The summed E-state index contributed by atoms with van der Waals surface area (Å²) < 4.78 is 0. The lowest BCUT2D eigenvalue weighted by molar-refractivity contribution is 0.294. The van der Waals surface area contributed by atoms with Crippen LogP contribution in [-0.2, 0) is 0 Å². The average Bonchev–Trinajstić information content (AvgIpc) is 1.66. The van der Waals surface area contributed by atoms with Gasteiger partial charge in [0, 0.05) is 0 Å². The van der Waals surface area contributed by atoms with Gasteiger partial charge in [0.05, 0.1) is 6.10 Å². The molecule has 0 aliphatic rings. The minimum absolute atomic E-state index is 0.506. The monoisotopic (exact) mass is 116 g/mol. The van der Waals surface area contributed by atoms with Crippen LogP contribution in [0.4, 0.5) is 0 Å². The lowest BCUT2D eigenvalue weighted by Gasteiger charge is -2.01. The molecule has 0 heterocycles. The van der Waals surface area contributed by atoms with E-state index in [4.69, 9.17) is 5.11 Å². The van der Waals surface area contributed by atoms with Gasteiger partial charge in [-0.05, 0) is 26.4 Å². The molecular formula is C6H14NO. The zero-order valence-corrected chi connectivity index (χ0v) is 5.57. The molecule has 0 aliphatic carbocycles. The second kappa shape index (κ2) is 5.06. The van der Waals surface area contributed by atoms with E-state index in [1.54, 1.807) is 6.92 Å². The van der Waals surface area contributed by atoms with Crippen molar-refractivity contribution in [3.05, 3.63) is 6.10 Å². The summed E-state index contributed by atoms with van der Waals surface area (Å²) in [5, 5.41) is 11.8. The maximum absolute atomic E-state index is 8.66. The topological polar surface area (TPSA) is 32.3 Å². The second-order valence-electron chi connectivity index (χ2n) is 1.84. The highest BCUT2D eigenvalue weighted by Crippen LogP contribution is 1.94. The van der Waals surface area contributed by atoms with Crippen molar-refractivity contribution in [2.75, 3.05) is 13.1 Å². The highest BCUT2D eigenvalue weighted by atomic mass is 16.3. The normalized spacial score (nSPS) is 10.5. The molecule has 0 spiro atoms. The van der Waals surface area contributed by atoms with Crippen molar-refractivity contribution in [2.45, 2.75) is 20.3 Å². The van der Waals surface area contributed by atoms with Gasteiger partial charge in [-0.15, -0.1) is 0 Å². The maximum atomic E-state index is 8.66. The summed E-state index contributed by atoms with van der Waals surface area (Å²) in [4.78, 5) is 0. The van der Waals surface area contributed by atoms with Gasteiger partial charge in [-0.1, -0.05) is 6.92 Å². The zero-order chi connectivity index (χ0) is 6.41. The smallest absolute Gasteiger partial charge is 0.0915 e. The Kier molecular flexibility index (Phi) is 5.01. The minimum atomic E-state index is 0.506. The fraction of sp³-hybridized carbons (Fsp3) is 0.833. The summed E-state index contributed by atoms with van der Waals surface area (Å²) in [5.74, 6) is 0. The largest absolute Gasteiger partial charge is 0.387 e. The third-order valence-corrected chi connectivity index (χ3v) is 0.914. The van der Waals surface area contributed by atoms with Gasteiger partial charge in [-0.2, -0.15) is 0 Å². The van der Waals surface area contributed by atoms with E-state index in [-0.39, 0.29) is 0 Å². The number of hydrogen-bond donors (Lipinski definition) is 2. The molecule has 0 unspecified atom stereocenters. The number of rotatable bonds is 4. The van der Waals surface area contributed by atoms with Crippen molar-refractivity contribution >= 4 is 0 Å². The van der Waals surface area contributed by atoms with Gasteiger partial charge >= 0.3 is 0 Å². The Balaban J connectivity index is 2.72. The molecule has 0 amide bonds. The highest BCUT2D eigenvalue weighted by Gasteiger charge is 1.92. The molecule has 2 nitrogen and oxygen atoms in total. The van der Waals surface area contributed by atoms with Gasteiger partial charge in [0.25, 0.3) is 0 Å². The van der Waals surface area contributed by atoms with Crippen LogP contribution in [-0.4, -0.2) is 18.2 Å². The molecule has 0 aliphatic heterocycles. The molecule has 0 atom stereocenters. The first-order valence-corrected chi connectivity index (χ1v) is 2.99. The number of aliphatic hydroxyl groups excluding tert-OH is 1.